The van der Waals surface area contributed by atoms with Gasteiger partial charge in [0.1, 0.15) is 54.1 Å². The molecule has 35 heteroatoms. The number of hydrogen-bond donors (Lipinski definition) is 18. The number of fused-ring (bicyclic) bond motifs is 3. The lowest BCUT2D eigenvalue weighted by Gasteiger charge is -2.47. The standard InChI is InChI=1S/C84H119N19O14S2/c1-6-31-102-46-56(41-60-59-21-16-24-63-73(59)55(45-90-63)43-70(60)102)83(116)103(84(117)87-8-3)33-17-32-99(5)47-71(106)88-30-34-100-35-37-101(38-36-100)48-72(107)91-65(39-52-18-10-9-11-19-52)78(111)97-68(49-118)81(114)94-66(40-53-25-27-57(105)28-26-53)79(112)95-67(42-54-44-89-62-22-13-12-20-58(54)62)80(113)93-64(23-14-15-29-85)77(110)92-61(7-2)76(109)96-69(50-119)82(115)98-74(51(4)104)75(86)108/h9-13,16,18-22,24-28,44-45,51,56,60-61,64-70,74,89-90,104-105,118-119H,6-8,14-15,17,23,29-43,46-50,85H2,1-5H3,(H2,86,108)(H,87,117)(H,88,106)(H,91,107)(H,92,110)(H,93,113)(H,94,114)(H,95,112)(H,96,109)(H,97,111)(H,98,115)/t51-,56-,60?,61+,64+,65-,66+,67-,68+,69+,70?,74+/m1/s1. The molecule has 4 heterocycles. The Hall–Kier alpha value is -10.1. The Balaban J connectivity index is 0.785. The van der Waals surface area contributed by atoms with E-state index in [1.807, 2.05) is 48.0 Å². The Morgan fingerprint density at radius 1 is 0.597 bits per heavy atom. The van der Waals surface area contributed by atoms with Crippen LogP contribution in [-0.4, -0.2) is 286 Å². The van der Waals surface area contributed by atoms with Crippen molar-refractivity contribution < 1.29 is 67.7 Å². The molecule has 12 atom stereocenters. The van der Waals surface area contributed by atoms with E-state index in [4.69, 9.17) is 11.5 Å². The van der Waals surface area contributed by atoms with Crippen molar-refractivity contribution >= 4 is 118 Å². The van der Waals surface area contributed by atoms with Crippen molar-refractivity contribution in [1.82, 2.24) is 87.6 Å². The molecule has 2 aliphatic heterocycles. The Bertz CT molecular complexity index is 4430. The lowest BCUT2D eigenvalue weighted by Crippen LogP contribution is -2.61. The number of piperidine rings is 1. The first-order valence-electron chi connectivity index (χ1n) is 41.2. The first-order valence-corrected chi connectivity index (χ1v) is 42.5. The normalized spacial score (nSPS) is 17.8. The molecule has 0 radical (unpaired) electrons. The van der Waals surface area contributed by atoms with E-state index < -0.39 is 114 Å². The summed E-state index contributed by atoms with van der Waals surface area (Å²) in [5.41, 5.74) is 17.4. The highest BCUT2D eigenvalue weighted by Crippen LogP contribution is 2.45. The number of nitrogens with two attached hydrogens (primary N) is 2. The third kappa shape index (κ3) is 26.4. The number of piperazine rings is 1. The van der Waals surface area contributed by atoms with Gasteiger partial charge in [0, 0.05) is 142 Å². The number of nitrogens with one attached hydrogen (secondary N) is 12. The van der Waals surface area contributed by atoms with Gasteiger partial charge in [-0.25, -0.2) is 4.79 Å². The molecule has 0 saturated carbocycles. The lowest BCUT2D eigenvalue weighted by atomic mass is 9.72. The molecule has 33 nitrogen and oxygen atoms in total. The number of urea groups is 1. The number of aromatic amines is 2. The first-order chi connectivity index (χ1) is 57.2. The average molecular weight is 1680 g/mol. The molecular weight excluding hydrogens is 1560 g/mol. The number of aliphatic hydroxyl groups excluding tert-OH is 1. The second kappa shape index (κ2) is 45.9. The molecule has 18 N–H and O–H groups in total. The monoisotopic (exact) mass is 1680 g/mol. The number of hydrogen-bond acceptors (Lipinski definition) is 21. The lowest BCUT2D eigenvalue weighted by molar-refractivity contribution is -0.136. The van der Waals surface area contributed by atoms with E-state index in [9.17, 15) is 58.2 Å². The predicted molar refractivity (Wildman–Crippen MR) is 458 cm³/mol. The number of aromatic hydroxyl groups is 1. The number of rotatable bonds is 45. The maximum atomic E-state index is 15.1. The number of para-hydroxylation sites is 1. The number of thiol groups is 2. The number of amides is 13. The molecule has 646 valence electrons. The largest absolute Gasteiger partial charge is 0.508 e. The van der Waals surface area contributed by atoms with Gasteiger partial charge in [-0.3, -0.25) is 77.2 Å². The topological polar surface area (TPSA) is 465 Å². The zero-order valence-corrected chi connectivity index (χ0v) is 70.3. The van der Waals surface area contributed by atoms with Gasteiger partial charge >= 0.3 is 6.03 Å². The van der Waals surface area contributed by atoms with Crippen LogP contribution in [0.4, 0.5) is 4.79 Å². The summed E-state index contributed by atoms with van der Waals surface area (Å²) in [5, 5.41) is 49.6. The summed E-state index contributed by atoms with van der Waals surface area (Å²) in [6, 6.07) is 17.3. The quantitative estimate of drug-likeness (QED) is 0.0184. The molecule has 0 bridgehead atoms. The zero-order valence-electron chi connectivity index (χ0n) is 68.5. The van der Waals surface area contributed by atoms with Crippen molar-refractivity contribution in [3.63, 3.8) is 0 Å². The molecule has 4 aromatic carbocycles. The number of carbonyl (C=O) groups excluding carboxylic acids is 12. The van der Waals surface area contributed by atoms with Crippen LogP contribution in [0.1, 0.15) is 106 Å². The van der Waals surface area contributed by atoms with Gasteiger partial charge in [0.25, 0.3) is 0 Å². The van der Waals surface area contributed by atoms with Crippen molar-refractivity contribution in [2.24, 2.45) is 17.4 Å². The van der Waals surface area contributed by atoms with Gasteiger partial charge in [0.15, 0.2) is 0 Å². The Kier molecular flexibility index (Phi) is 35.7. The van der Waals surface area contributed by atoms with Crippen molar-refractivity contribution in [1.29, 1.82) is 0 Å². The summed E-state index contributed by atoms with van der Waals surface area (Å²) in [5.74, 6) is -8.45. The number of H-pyrrole nitrogens is 2. The minimum atomic E-state index is -1.48. The maximum Gasteiger partial charge on any atom is 0.324 e. The van der Waals surface area contributed by atoms with Gasteiger partial charge in [0.05, 0.1) is 25.1 Å². The van der Waals surface area contributed by atoms with E-state index in [1.54, 1.807) is 43.5 Å². The summed E-state index contributed by atoms with van der Waals surface area (Å²) in [4.78, 5) is 185. The SMILES string of the molecule is CCCN1C[C@H](C(=O)N(CCCN(C)CC(=O)NCCN2CCN(CC(=O)N[C@H](Cc3ccccc3)C(=O)N[C@@H](CS)C(=O)N[C@@H](Cc3ccc(O)cc3)C(=O)N[C@H](Cc3c[nH]c4ccccc34)C(=O)N[C@@H](CCCCN)C(=O)N[C@@H](CC)C(=O)N[C@@H](CS)C(=O)N[C@H](C(N)=O)[C@@H](C)O)CC2)C(=O)NCC)CC2c3cccc4[nH]cc(c34)CC21. The second-order valence-electron chi connectivity index (χ2n) is 31.1. The first kappa shape index (κ1) is 92.7. The molecular formula is C84H119N19O14S2. The summed E-state index contributed by atoms with van der Waals surface area (Å²) >= 11 is 8.68. The number of aliphatic hydroxyl groups is 1. The Morgan fingerprint density at radius 3 is 1.81 bits per heavy atom. The van der Waals surface area contributed by atoms with Crippen molar-refractivity contribution in [3.05, 3.63) is 137 Å². The third-order valence-corrected chi connectivity index (χ3v) is 22.9. The summed E-state index contributed by atoms with van der Waals surface area (Å²) in [6.07, 6.45) is 5.83. The van der Waals surface area contributed by atoms with Crippen LogP contribution in [0, 0.1) is 5.92 Å². The molecule has 2 unspecified atom stereocenters. The van der Waals surface area contributed by atoms with Gasteiger partial charge in [-0.1, -0.05) is 86.6 Å². The number of carbonyl (C=O) groups is 12. The molecule has 9 rings (SSSR count). The summed E-state index contributed by atoms with van der Waals surface area (Å²) in [6.45, 7) is 12.7. The smallest absolute Gasteiger partial charge is 0.324 e. The second-order valence-corrected chi connectivity index (χ2v) is 31.8. The predicted octanol–water partition coefficient (Wildman–Crippen LogP) is 0.580. The van der Waals surface area contributed by atoms with Gasteiger partial charge < -0.3 is 84.8 Å². The summed E-state index contributed by atoms with van der Waals surface area (Å²) < 4.78 is 0. The van der Waals surface area contributed by atoms with E-state index in [0.717, 1.165) is 24.9 Å². The molecule has 3 aliphatic rings. The number of primary amides is 1. The fourth-order valence-electron chi connectivity index (χ4n) is 15.8. The fraction of sp³-hybridized carbons (Fsp3) is 0.524. The van der Waals surface area contributed by atoms with Crippen LogP contribution >= 0.6 is 25.3 Å². The number of phenolic OH excluding ortho intramolecular Hbond substituents is 1. The molecule has 119 heavy (non-hydrogen) atoms. The van der Waals surface area contributed by atoms with Gasteiger partial charge in [-0.2, -0.15) is 25.3 Å². The van der Waals surface area contributed by atoms with Gasteiger partial charge in [-0.15, -0.1) is 0 Å². The van der Waals surface area contributed by atoms with E-state index in [1.165, 1.54) is 52.6 Å². The van der Waals surface area contributed by atoms with Crippen LogP contribution in [0.3, 0.4) is 0 Å². The number of aromatic nitrogens is 2. The highest BCUT2D eigenvalue weighted by atomic mass is 32.1. The third-order valence-electron chi connectivity index (χ3n) is 22.2. The number of phenols is 1. The highest BCUT2D eigenvalue weighted by Gasteiger charge is 2.45. The molecule has 6 aromatic rings. The number of unbranched alkanes of at least 4 members (excludes halogenated alkanes) is 1. The molecule has 2 aromatic heterocycles. The average Bonchev–Trinajstić information content (AvgIpc) is 1.67. The minimum Gasteiger partial charge on any atom is -0.508 e. The number of likely N-dealkylation sites (N-methyl/N-ethyl adjacent to an activating group) is 1. The minimum absolute atomic E-state index is 0.000635. The molecule has 1 aliphatic carbocycles. The Labute approximate surface area is 705 Å². The zero-order chi connectivity index (χ0) is 85.8. The van der Waals surface area contributed by atoms with Crippen molar-refractivity contribution in [2.45, 2.75) is 165 Å². The number of likely N-dealkylation sites (tertiary alicyclic amines) is 1. The van der Waals surface area contributed by atoms with Crippen molar-refractivity contribution in [2.75, 3.05) is 110 Å². The van der Waals surface area contributed by atoms with E-state index in [0.29, 0.717) is 112 Å². The number of benzene rings is 4. The molecule has 13 amide bonds. The number of imide groups is 1. The maximum absolute atomic E-state index is 15.1. The highest BCUT2D eigenvalue weighted by molar-refractivity contribution is 7.80. The van der Waals surface area contributed by atoms with Crippen LogP contribution in [0.2, 0.25) is 0 Å². The van der Waals surface area contributed by atoms with E-state index in [-0.39, 0.29) is 105 Å². The van der Waals surface area contributed by atoms with Crippen LogP contribution < -0.4 is 64.6 Å². The summed E-state index contributed by atoms with van der Waals surface area (Å²) in [7, 11) is 1.84. The van der Waals surface area contributed by atoms with Crippen LogP contribution in [0.5, 0.6) is 5.75 Å². The molecule has 2 saturated heterocycles. The van der Waals surface area contributed by atoms with Gasteiger partial charge in [-0.05, 0) is 137 Å². The van der Waals surface area contributed by atoms with Crippen LogP contribution in [0.25, 0.3) is 21.8 Å². The van der Waals surface area contributed by atoms with Gasteiger partial charge in [0.2, 0.25) is 65.0 Å². The van der Waals surface area contributed by atoms with E-state index >= 15 is 9.59 Å². The number of nitrogens with zero attached hydrogens (tertiary/aromatic N) is 5. The Morgan fingerprint density at radius 2 is 1.17 bits per heavy atom. The van der Waals surface area contributed by atoms with Crippen molar-refractivity contribution in [3.8, 4) is 5.75 Å². The van der Waals surface area contributed by atoms with Crippen LogP contribution in [-0.2, 0) is 78.4 Å². The van der Waals surface area contributed by atoms with Crippen LogP contribution in [0.15, 0.2) is 109 Å². The van der Waals surface area contributed by atoms with E-state index in [2.05, 4.69) is 130 Å². The molecule has 2 fully saturated rings. The molecule has 0 spiro atoms. The fourth-order valence-corrected chi connectivity index (χ4v) is 16.3.